The molecule has 0 saturated carbocycles. The summed E-state index contributed by atoms with van der Waals surface area (Å²) in [6, 6.07) is 16.9. The third-order valence-corrected chi connectivity index (χ3v) is 7.72. The Hall–Kier alpha value is -3.56. The van der Waals surface area contributed by atoms with Gasteiger partial charge in [0.05, 0.1) is 17.0 Å². The van der Waals surface area contributed by atoms with E-state index in [1.807, 2.05) is 6.07 Å². The maximum atomic E-state index is 12.8. The van der Waals surface area contributed by atoms with E-state index in [4.69, 9.17) is 0 Å². The van der Waals surface area contributed by atoms with Crippen LogP contribution in [0.3, 0.4) is 0 Å². The number of carbonyl (C=O) groups is 2. The lowest BCUT2D eigenvalue weighted by Gasteiger charge is -2.25. The van der Waals surface area contributed by atoms with E-state index >= 15 is 0 Å². The molecule has 0 bridgehead atoms. The molecule has 182 valence electrons. The summed E-state index contributed by atoms with van der Waals surface area (Å²) >= 11 is 0. The van der Waals surface area contributed by atoms with Crippen LogP contribution in [0, 0.1) is 0 Å². The maximum Gasteiger partial charge on any atom is 0.255 e. The zero-order valence-electron chi connectivity index (χ0n) is 19.3. The molecule has 1 saturated heterocycles. The van der Waals surface area contributed by atoms with Crippen LogP contribution in [0.25, 0.3) is 0 Å². The molecule has 4 rings (SSSR count). The monoisotopic (exact) mass is 492 g/mol. The molecule has 1 aromatic heterocycles. The van der Waals surface area contributed by atoms with Gasteiger partial charge in [-0.3, -0.25) is 14.6 Å². The number of sulfonamides is 1. The van der Waals surface area contributed by atoms with Crippen molar-refractivity contribution in [2.24, 2.45) is 0 Å². The molecule has 9 heteroatoms. The molecular weight excluding hydrogens is 464 g/mol. The van der Waals surface area contributed by atoms with Gasteiger partial charge in [-0.15, -0.1) is 0 Å². The van der Waals surface area contributed by atoms with Crippen LogP contribution in [0.5, 0.6) is 0 Å². The van der Waals surface area contributed by atoms with Gasteiger partial charge in [0.2, 0.25) is 10.0 Å². The molecule has 2 amide bonds. The van der Waals surface area contributed by atoms with Crippen LogP contribution < -0.4 is 10.6 Å². The third-order valence-electron chi connectivity index (χ3n) is 5.87. The molecule has 0 spiro atoms. The Labute approximate surface area is 205 Å². The number of hydrogen-bond donors (Lipinski definition) is 2. The average molecular weight is 493 g/mol. The van der Waals surface area contributed by atoms with Gasteiger partial charge in [-0.2, -0.15) is 0 Å². The van der Waals surface area contributed by atoms with Crippen LogP contribution >= 0.6 is 0 Å². The van der Waals surface area contributed by atoms with Crippen molar-refractivity contribution in [3.05, 3.63) is 95.3 Å². The number of benzene rings is 2. The smallest absolute Gasteiger partial charge is 0.255 e. The average Bonchev–Trinajstić information content (AvgIpc) is 2.89. The van der Waals surface area contributed by atoms with Crippen LogP contribution in [-0.2, 0) is 22.3 Å². The summed E-state index contributed by atoms with van der Waals surface area (Å²) in [5.41, 5.74) is 2.59. The summed E-state index contributed by atoms with van der Waals surface area (Å²) < 4.78 is 26.9. The van der Waals surface area contributed by atoms with Gasteiger partial charge in [0, 0.05) is 37.6 Å². The van der Waals surface area contributed by atoms with Gasteiger partial charge in [0.1, 0.15) is 0 Å². The first-order valence-corrected chi connectivity index (χ1v) is 13.2. The number of anilines is 1. The van der Waals surface area contributed by atoms with Crippen molar-refractivity contribution in [2.45, 2.75) is 31.6 Å². The van der Waals surface area contributed by atoms with E-state index in [2.05, 4.69) is 15.6 Å². The number of rotatable bonds is 8. The SMILES string of the molecule is O=C(Nc1ccccc1C(=O)NCc1cccnc1)c1ccc(CS(=O)(=O)N2CCCCC2)cc1. The molecule has 3 aromatic rings. The number of carbonyl (C=O) groups excluding carboxylic acids is 2. The molecule has 2 aromatic carbocycles. The van der Waals surface area contributed by atoms with Crippen molar-refractivity contribution >= 4 is 27.5 Å². The minimum Gasteiger partial charge on any atom is -0.348 e. The summed E-state index contributed by atoms with van der Waals surface area (Å²) in [7, 11) is -3.37. The predicted octanol–water partition coefficient (Wildman–Crippen LogP) is 3.58. The Bertz CT molecular complexity index is 1270. The molecule has 1 aliphatic heterocycles. The zero-order valence-corrected chi connectivity index (χ0v) is 20.1. The van der Waals surface area contributed by atoms with Crippen molar-refractivity contribution in [1.82, 2.24) is 14.6 Å². The number of piperidine rings is 1. The van der Waals surface area contributed by atoms with E-state index in [9.17, 15) is 18.0 Å². The minimum atomic E-state index is -3.37. The second-order valence-electron chi connectivity index (χ2n) is 8.46. The molecule has 0 aliphatic carbocycles. The van der Waals surface area contributed by atoms with E-state index < -0.39 is 10.0 Å². The van der Waals surface area contributed by atoms with E-state index in [1.165, 1.54) is 0 Å². The van der Waals surface area contributed by atoms with Gasteiger partial charge in [0.15, 0.2) is 0 Å². The van der Waals surface area contributed by atoms with Crippen molar-refractivity contribution in [1.29, 1.82) is 0 Å². The van der Waals surface area contributed by atoms with Crippen molar-refractivity contribution < 1.29 is 18.0 Å². The van der Waals surface area contributed by atoms with Crippen LogP contribution in [0.1, 0.15) is 51.1 Å². The number of nitrogens with one attached hydrogen (secondary N) is 2. The molecule has 1 aliphatic rings. The van der Waals surface area contributed by atoms with Crippen LogP contribution in [0.15, 0.2) is 73.1 Å². The summed E-state index contributed by atoms with van der Waals surface area (Å²) in [5.74, 6) is -0.791. The number of pyridine rings is 1. The summed E-state index contributed by atoms with van der Waals surface area (Å²) in [4.78, 5) is 29.6. The first-order chi connectivity index (χ1) is 16.9. The predicted molar refractivity (Wildman–Crippen MR) is 134 cm³/mol. The Morgan fingerprint density at radius 2 is 1.60 bits per heavy atom. The lowest BCUT2D eigenvalue weighted by molar-refractivity contribution is 0.0951. The summed E-state index contributed by atoms with van der Waals surface area (Å²) in [5, 5.41) is 5.62. The zero-order chi connectivity index (χ0) is 24.7. The van der Waals surface area contributed by atoms with Crippen LogP contribution in [0.2, 0.25) is 0 Å². The van der Waals surface area contributed by atoms with E-state index in [0.29, 0.717) is 42.0 Å². The standard InChI is InChI=1S/C26H28N4O4S/c31-25(22-12-10-20(11-13-22)19-35(33,34)30-15-4-1-5-16-30)29-24-9-3-2-8-23(24)26(32)28-18-21-7-6-14-27-17-21/h2-3,6-14,17H,1,4-5,15-16,18-19H2,(H,28,32)(H,29,31). The fourth-order valence-corrected chi connectivity index (χ4v) is 5.57. The second kappa shape index (κ2) is 11.2. The quantitative estimate of drug-likeness (QED) is 0.500. The third kappa shape index (κ3) is 6.52. The highest BCUT2D eigenvalue weighted by Gasteiger charge is 2.24. The molecular formula is C26H28N4O4S. The van der Waals surface area contributed by atoms with Crippen molar-refractivity contribution in [3.8, 4) is 0 Å². The van der Waals surface area contributed by atoms with E-state index in [-0.39, 0.29) is 17.6 Å². The first-order valence-electron chi connectivity index (χ1n) is 11.6. The summed E-state index contributed by atoms with van der Waals surface area (Å²) in [6.45, 7) is 1.45. The van der Waals surface area contributed by atoms with Gasteiger partial charge in [0.25, 0.3) is 11.8 Å². The Morgan fingerprint density at radius 3 is 2.31 bits per heavy atom. The largest absolute Gasteiger partial charge is 0.348 e. The topological polar surface area (TPSA) is 108 Å². The fourth-order valence-electron chi connectivity index (χ4n) is 3.96. The van der Waals surface area contributed by atoms with Crippen molar-refractivity contribution in [2.75, 3.05) is 18.4 Å². The molecule has 0 atom stereocenters. The number of aromatic nitrogens is 1. The number of para-hydroxylation sites is 1. The Morgan fingerprint density at radius 1 is 0.857 bits per heavy atom. The van der Waals surface area contributed by atoms with Crippen LogP contribution in [0.4, 0.5) is 5.69 Å². The van der Waals surface area contributed by atoms with Gasteiger partial charge in [-0.25, -0.2) is 12.7 Å². The van der Waals surface area contributed by atoms with Crippen molar-refractivity contribution in [3.63, 3.8) is 0 Å². The summed E-state index contributed by atoms with van der Waals surface area (Å²) in [6.07, 6.45) is 6.18. The van der Waals surface area contributed by atoms with E-state index in [1.54, 1.807) is 71.3 Å². The second-order valence-corrected chi connectivity index (χ2v) is 10.4. The van der Waals surface area contributed by atoms with Gasteiger partial charge >= 0.3 is 0 Å². The molecule has 0 radical (unpaired) electrons. The van der Waals surface area contributed by atoms with Crippen LogP contribution in [-0.4, -0.2) is 42.6 Å². The minimum absolute atomic E-state index is 0.0885. The highest BCUT2D eigenvalue weighted by atomic mass is 32.2. The lowest BCUT2D eigenvalue weighted by atomic mass is 10.1. The normalized spacial score (nSPS) is 14.3. The fraction of sp³-hybridized carbons (Fsp3) is 0.269. The Kier molecular flexibility index (Phi) is 7.89. The molecule has 35 heavy (non-hydrogen) atoms. The number of hydrogen-bond acceptors (Lipinski definition) is 5. The first kappa shape index (κ1) is 24.6. The highest BCUT2D eigenvalue weighted by Crippen LogP contribution is 2.19. The Balaban J connectivity index is 1.39. The van der Waals surface area contributed by atoms with Gasteiger partial charge in [-0.05, 0) is 54.3 Å². The highest BCUT2D eigenvalue weighted by molar-refractivity contribution is 7.88. The molecule has 2 N–H and O–H groups in total. The molecule has 0 unspecified atom stereocenters. The van der Waals surface area contributed by atoms with Gasteiger partial charge in [-0.1, -0.05) is 36.8 Å². The van der Waals surface area contributed by atoms with E-state index in [0.717, 1.165) is 24.8 Å². The molecule has 2 heterocycles. The van der Waals surface area contributed by atoms with Gasteiger partial charge < -0.3 is 10.6 Å². The lowest BCUT2D eigenvalue weighted by Crippen LogP contribution is -2.36. The molecule has 1 fully saturated rings. The number of nitrogens with zero attached hydrogens (tertiary/aromatic N) is 2. The molecule has 8 nitrogen and oxygen atoms in total. The maximum absolute atomic E-state index is 12.8. The number of amides is 2.